The zero-order chi connectivity index (χ0) is 31.7. The molecule has 2 heterocycles. The maximum Gasteiger partial charge on any atom is 0.283 e. The number of hydrogen-bond donors (Lipinski definition) is 2. The van der Waals surface area contributed by atoms with Gasteiger partial charge in [0.2, 0.25) is 0 Å². The number of nitro benzene ring substituents is 1. The molecule has 1 fully saturated rings. The Morgan fingerprint density at radius 3 is 2.60 bits per heavy atom. The molecule has 0 spiro atoms. The molecule has 2 N–H and O–H groups in total. The van der Waals surface area contributed by atoms with E-state index >= 15 is 0 Å². The Kier molecular flexibility index (Phi) is 8.52. The van der Waals surface area contributed by atoms with E-state index in [1.807, 2.05) is 69.3 Å². The lowest BCUT2D eigenvalue weighted by molar-refractivity contribution is -0.387. The van der Waals surface area contributed by atoms with Crippen LogP contribution in [0.1, 0.15) is 32.6 Å². The van der Waals surface area contributed by atoms with E-state index in [2.05, 4.69) is 20.6 Å². The van der Waals surface area contributed by atoms with Gasteiger partial charge in [-0.2, -0.15) is 0 Å². The monoisotopic (exact) mass is 651 g/mol. The fourth-order valence-electron chi connectivity index (χ4n) is 4.54. The molecule has 1 aliphatic heterocycles. The summed E-state index contributed by atoms with van der Waals surface area (Å²) < 4.78 is 1.46. The Hall–Kier alpha value is -4.78. The number of fused-ring (bicyclic) bond motifs is 1. The molecule has 0 bridgehead atoms. The first-order valence-electron chi connectivity index (χ1n) is 13.7. The van der Waals surface area contributed by atoms with Crippen LogP contribution in [-0.2, 0) is 4.79 Å². The number of carbonyl (C=O) groups excluding carboxylic acids is 2. The van der Waals surface area contributed by atoms with Gasteiger partial charge in [0.25, 0.3) is 17.5 Å². The molecule has 0 saturated carbocycles. The number of aryl methyl sites for hydroxylation is 3. The first-order valence-corrected chi connectivity index (χ1v) is 16.2. The quantitative estimate of drug-likeness (QED) is 0.103. The van der Waals surface area contributed by atoms with Crippen molar-refractivity contribution in [2.24, 2.45) is 4.99 Å². The molecule has 224 valence electrons. The second-order valence-electron chi connectivity index (χ2n) is 10.3. The molecule has 5 aromatic rings. The molecular weight excluding hydrogens is 627 g/mol. The Morgan fingerprint density at radius 1 is 1.00 bits per heavy atom. The zero-order valence-electron chi connectivity index (χ0n) is 24.3. The van der Waals surface area contributed by atoms with Gasteiger partial charge in [-0.3, -0.25) is 19.7 Å². The number of thiazole rings is 1. The average molecular weight is 652 g/mol. The van der Waals surface area contributed by atoms with Crippen molar-refractivity contribution in [3.63, 3.8) is 0 Å². The van der Waals surface area contributed by atoms with Gasteiger partial charge in [0.05, 0.1) is 30.6 Å². The van der Waals surface area contributed by atoms with Crippen LogP contribution >= 0.6 is 34.9 Å². The third-order valence-electron chi connectivity index (χ3n) is 7.06. The van der Waals surface area contributed by atoms with Crippen molar-refractivity contribution in [2.75, 3.05) is 5.32 Å². The fraction of sp³-hybridized carbons (Fsp3) is 0.0909. The summed E-state index contributed by atoms with van der Waals surface area (Å²) in [4.78, 5) is 47.0. The molecule has 9 nitrogen and oxygen atoms in total. The van der Waals surface area contributed by atoms with Crippen LogP contribution in [0.3, 0.4) is 0 Å². The normalized spacial score (nSPS) is 14.7. The van der Waals surface area contributed by atoms with Gasteiger partial charge in [0.15, 0.2) is 9.51 Å². The lowest BCUT2D eigenvalue weighted by Crippen LogP contribution is -2.19. The Morgan fingerprint density at radius 2 is 1.82 bits per heavy atom. The molecule has 0 radical (unpaired) electrons. The molecule has 0 aliphatic carbocycles. The molecule has 1 aromatic heterocycles. The van der Waals surface area contributed by atoms with Crippen molar-refractivity contribution < 1.29 is 14.5 Å². The van der Waals surface area contributed by atoms with Crippen LogP contribution in [0, 0.1) is 30.9 Å². The highest BCUT2D eigenvalue weighted by molar-refractivity contribution is 8.18. The average Bonchev–Trinajstić information content (AvgIpc) is 3.56. The number of nitro groups is 1. The van der Waals surface area contributed by atoms with Gasteiger partial charge in [-0.1, -0.05) is 42.1 Å². The van der Waals surface area contributed by atoms with Crippen molar-refractivity contribution in [2.45, 2.75) is 30.0 Å². The molecule has 4 aromatic carbocycles. The minimum Gasteiger partial charge on any atom is -0.322 e. The molecule has 6 rings (SSSR count). The summed E-state index contributed by atoms with van der Waals surface area (Å²) in [6, 6.07) is 23.5. The number of anilines is 1. The van der Waals surface area contributed by atoms with Crippen LogP contribution in [0.25, 0.3) is 16.3 Å². The maximum atomic E-state index is 12.8. The summed E-state index contributed by atoms with van der Waals surface area (Å²) in [5.41, 5.74) is 6.26. The van der Waals surface area contributed by atoms with Gasteiger partial charge in [-0.15, -0.1) is 11.3 Å². The molecular formula is C33H25N5O4S3. The maximum absolute atomic E-state index is 12.8. The van der Waals surface area contributed by atoms with Crippen LogP contribution in [0.15, 0.2) is 98.0 Å². The third-order valence-corrected chi connectivity index (χ3v) is 10.1. The van der Waals surface area contributed by atoms with E-state index in [1.165, 1.54) is 40.9 Å². The number of aromatic nitrogens is 1. The molecule has 1 saturated heterocycles. The predicted molar refractivity (Wildman–Crippen MR) is 183 cm³/mol. The lowest BCUT2D eigenvalue weighted by Gasteiger charge is -2.07. The van der Waals surface area contributed by atoms with Crippen molar-refractivity contribution in [1.29, 1.82) is 0 Å². The topological polar surface area (TPSA) is 127 Å². The van der Waals surface area contributed by atoms with Gasteiger partial charge < -0.3 is 10.6 Å². The number of hydrogen-bond acceptors (Lipinski definition) is 9. The zero-order valence-corrected chi connectivity index (χ0v) is 26.7. The summed E-state index contributed by atoms with van der Waals surface area (Å²) in [6.45, 7) is 5.91. The standard InChI is InChI=1S/C33H25N5O4S3/c1-18-8-10-22(14-20(18)3)35-32-37-31(40)29(43-32)16-21-9-13-27(26(15-21)38(41)42)44-33-36-25-12-11-23(17-28(25)45-33)34-30(39)24-7-5-4-6-19(24)2/h4-17H,1-3H3,(H,34,39)(H,35,37,40)/b29-16-. The molecule has 45 heavy (non-hydrogen) atoms. The number of nitrogens with one attached hydrogen (secondary N) is 2. The summed E-state index contributed by atoms with van der Waals surface area (Å²) in [7, 11) is 0. The number of aliphatic imine (C=N–C) groups is 1. The predicted octanol–water partition coefficient (Wildman–Crippen LogP) is 8.42. The summed E-state index contributed by atoms with van der Waals surface area (Å²) in [6.07, 6.45) is 1.62. The van der Waals surface area contributed by atoms with E-state index in [1.54, 1.807) is 30.3 Å². The third kappa shape index (κ3) is 6.83. The number of benzene rings is 4. The largest absolute Gasteiger partial charge is 0.322 e. The first kappa shape index (κ1) is 30.3. The van der Waals surface area contributed by atoms with Gasteiger partial charge in [-0.25, -0.2) is 9.98 Å². The lowest BCUT2D eigenvalue weighted by atomic mass is 10.1. The highest BCUT2D eigenvalue weighted by Crippen LogP contribution is 2.40. The fourth-order valence-corrected chi connectivity index (χ4v) is 7.53. The summed E-state index contributed by atoms with van der Waals surface area (Å²) in [5, 5.41) is 18.2. The number of thioether (sulfide) groups is 1. The number of nitrogens with zero attached hydrogens (tertiary/aromatic N) is 3. The number of carbonyl (C=O) groups is 2. The highest BCUT2D eigenvalue weighted by Gasteiger charge is 2.25. The van der Waals surface area contributed by atoms with Crippen LogP contribution in [0.2, 0.25) is 0 Å². The second kappa shape index (κ2) is 12.7. The van der Waals surface area contributed by atoms with Crippen molar-refractivity contribution >= 4 is 85.2 Å². The summed E-state index contributed by atoms with van der Waals surface area (Å²) >= 11 is 3.77. The molecule has 1 aliphatic rings. The van der Waals surface area contributed by atoms with Crippen molar-refractivity contribution in [1.82, 2.24) is 10.3 Å². The Bertz CT molecular complexity index is 2090. The van der Waals surface area contributed by atoms with Crippen molar-refractivity contribution in [3.05, 3.63) is 122 Å². The van der Waals surface area contributed by atoms with E-state index in [4.69, 9.17) is 0 Å². The minimum absolute atomic E-state index is 0.0905. The van der Waals surface area contributed by atoms with Gasteiger partial charge in [0.1, 0.15) is 0 Å². The summed E-state index contributed by atoms with van der Waals surface area (Å²) in [5.74, 6) is -0.511. The second-order valence-corrected chi connectivity index (χ2v) is 13.6. The van der Waals surface area contributed by atoms with Gasteiger partial charge in [-0.05, 0) is 103 Å². The van der Waals surface area contributed by atoms with Gasteiger partial charge in [0, 0.05) is 17.3 Å². The number of amidine groups is 1. The van der Waals surface area contributed by atoms with Crippen LogP contribution < -0.4 is 10.6 Å². The first-order chi connectivity index (χ1) is 21.6. The van der Waals surface area contributed by atoms with E-state index in [9.17, 15) is 19.7 Å². The molecule has 0 atom stereocenters. The van der Waals surface area contributed by atoms with E-state index in [-0.39, 0.29) is 17.5 Å². The SMILES string of the molecule is Cc1ccc(N=C2NC(=O)/C(=C/c3ccc(Sc4nc5ccc(NC(=O)c6ccccc6C)cc5s4)c([N+](=O)[O-])c3)S2)cc1C. The molecule has 12 heteroatoms. The van der Waals surface area contributed by atoms with E-state index in [0.717, 1.165) is 32.6 Å². The van der Waals surface area contributed by atoms with Gasteiger partial charge >= 0.3 is 0 Å². The van der Waals surface area contributed by atoms with E-state index in [0.29, 0.717) is 36.1 Å². The number of amides is 2. The minimum atomic E-state index is -0.439. The van der Waals surface area contributed by atoms with Crippen LogP contribution in [0.4, 0.5) is 17.1 Å². The van der Waals surface area contributed by atoms with Crippen LogP contribution in [-0.4, -0.2) is 26.9 Å². The molecule has 0 unspecified atom stereocenters. The Balaban J connectivity index is 1.19. The van der Waals surface area contributed by atoms with Crippen molar-refractivity contribution in [3.8, 4) is 0 Å². The Labute approximate surface area is 271 Å². The number of rotatable bonds is 7. The van der Waals surface area contributed by atoms with E-state index < -0.39 is 4.92 Å². The highest BCUT2D eigenvalue weighted by atomic mass is 32.2. The molecule has 2 amide bonds. The smallest absolute Gasteiger partial charge is 0.283 e. The van der Waals surface area contributed by atoms with Crippen LogP contribution in [0.5, 0.6) is 0 Å².